The molecule has 4 nitrogen and oxygen atoms in total. The van der Waals surface area contributed by atoms with Crippen LogP contribution in [0.2, 0.25) is 0 Å². The number of benzene rings is 2. The van der Waals surface area contributed by atoms with Crippen LogP contribution in [-0.2, 0) is 9.53 Å². The van der Waals surface area contributed by atoms with E-state index in [0.717, 1.165) is 38.4 Å². The van der Waals surface area contributed by atoms with Gasteiger partial charge in [0.2, 0.25) is 5.91 Å². The van der Waals surface area contributed by atoms with Crippen molar-refractivity contribution in [2.45, 2.75) is 13.0 Å². The van der Waals surface area contributed by atoms with Gasteiger partial charge in [0.25, 0.3) is 0 Å². The lowest BCUT2D eigenvalue weighted by Crippen LogP contribution is -3.14. The van der Waals surface area contributed by atoms with Crippen LogP contribution >= 0.6 is 0 Å². The first kappa shape index (κ1) is 19.3. The fourth-order valence-electron chi connectivity index (χ4n) is 3.21. The number of carbonyl (C=O) groups excluding carboxylic acids is 1. The van der Waals surface area contributed by atoms with Crippen LogP contribution < -0.4 is 10.2 Å². The molecule has 1 fully saturated rings. The lowest BCUT2D eigenvalue weighted by molar-refractivity contribution is -0.909. The van der Waals surface area contributed by atoms with E-state index in [9.17, 15) is 9.18 Å². The van der Waals surface area contributed by atoms with E-state index in [1.165, 1.54) is 28.7 Å². The zero-order valence-corrected chi connectivity index (χ0v) is 15.6. The number of quaternary nitrogens is 1. The number of aryl methyl sites for hydroxylation is 1. The predicted octanol–water partition coefficient (Wildman–Crippen LogP) is 1.92. The Labute approximate surface area is 159 Å². The molecule has 0 aromatic heterocycles. The van der Waals surface area contributed by atoms with Gasteiger partial charge >= 0.3 is 0 Å². The smallest absolute Gasteiger partial charge is 0.244 e. The lowest BCUT2D eigenvalue weighted by Gasteiger charge is -2.28. The molecule has 0 radical (unpaired) electrons. The molecule has 0 saturated carbocycles. The summed E-state index contributed by atoms with van der Waals surface area (Å²) in [5.41, 5.74) is 2.94. The summed E-state index contributed by atoms with van der Waals surface area (Å²) in [6, 6.07) is 14.4. The second-order valence-corrected chi connectivity index (χ2v) is 6.93. The van der Waals surface area contributed by atoms with E-state index in [4.69, 9.17) is 4.74 Å². The number of hydrogen-bond acceptors (Lipinski definition) is 2. The standard InChI is InChI=1S/C22H25FN2O2/c1-17-5-8-19(9-6-17)21(16-25-11-13-27-14-12-25)24-22(26)10-7-18-3-2-4-20(23)15-18/h2-10,15,21H,11-14,16H2,1H3,(H,24,26)/p+1/b10-7+/t21-/m0/s1. The molecular weight excluding hydrogens is 343 g/mol. The molecule has 0 bridgehead atoms. The van der Waals surface area contributed by atoms with Crippen LogP contribution in [0.5, 0.6) is 0 Å². The summed E-state index contributed by atoms with van der Waals surface area (Å²) in [5, 5.41) is 3.10. The highest BCUT2D eigenvalue weighted by Gasteiger charge is 2.22. The molecule has 2 N–H and O–H groups in total. The van der Waals surface area contributed by atoms with Crippen molar-refractivity contribution in [2.75, 3.05) is 32.8 Å². The molecule has 2 aromatic rings. The minimum atomic E-state index is -0.314. The Kier molecular flexibility index (Phi) is 6.74. The van der Waals surface area contributed by atoms with Gasteiger partial charge in [-0.15, -0.1) is 0 Å². The molecule has 0 aliphatic carbocycles. The van der Waals surface area contributed by atoms with Crippen molar-refractivity contribution in [3.63, 3.8) is 0 Å². The highest BCUT2D eigenvalue weighted by atomic mass is 19.1. The van der Waals surface area contributed by atoms with Gasteiger partial charge in [0, 0.05) is 6.08 Å². The predicted molar refractivity (Wildman–Crippen MR) is 104 cm³/mol. The van der Waals surface area contributed by atoms with Crippen LogP contribution in [0.3, 0.4) is 0 Å². The third-order valence-corrected chi connectivity index (χ3v) is 4.76. The summed E-state index contributed by atoms with van der Waals surface area (Å²) < 4.78 is 18.7. The van der Waals surface area contributed by atoms with Gasteiger partial charge in [-0.05, 0) is 36.3 Å². The van der Waals surface area contributed by atoms with Gasteiger partial charge in [-0.2, -0.15) is 0 Å². The maximum atomic E-state index is 13.3. The molecule has 0 unspecified atom stereocenters. The molecular formula is C22H26FN2O2+. The Balaban J connectivity index is 1.69. The van der Waals surface area contributed by atoms with Gasteiger partial charge in [-0.1, -0.05) is 42.0 Å². The van der Waals surface area contributed by atoms with E-state index in [1.54, 1.807) is 18.2 Å². The van der Waals surface area contributed by atoms with Crippen molar-refractivity contribution in [1.29, 1.82) is 0 Å². The quantitative estimate of drug-likeness (QED) is 0.764. The van der Waals surface area contributed by atoms with E-state index in [2.05, 4.69) is 29.6 Å². The number of morpholine rings is 1. The molecule has 2 aromatic carbocycles. The molecule has 5 heteroatoms. The summed E-state index contributed by atoms with van der Waals surface area (Å²) in [5.74, 6) is -0.497. The Morgan fingerprint density at radius 2 is 1.96 bits per heavy atom. The average molecular weight is 369 g/mol. The molecule has 1 amide bonds. The second kappa shape index (κ2) is 9.44. The summed E-state index contributed by atoms with van der Waals surface area (Å²) in [6.45, 7) is 6.25. The first-order valence-corrected chi connectivity index (χ1v) is 9.32. The number of amides is 1. The number of halogens is 1. The van der Waals surface area contributed by atoms with Crippen molar-refractivity contribution in [2.24, 2.45) is 0 Å². The zero-order valence-electron chi connectivity index (χ0n) is 15.6. The van der Waals surface area contributed by atoms with Crippen molar-refractivity contribution < 1.29 is 18.8 Å². The summed E-state index contributed by atoms with van der Waals surface area (Å²) >= 11 is 0. The number of carbonyl (C=O) groups is 1. The third kappa shape index (κ3) is 6.01. The topological polar surface area (TPSA) is 42.8 Å². The second-order valence-electron chi connectivity index (χ2n) is 6.93. The normalized spacial score (nSPS) is 16.4. The molecule has 142 valence electrons. The van der Waals surface area contributed by atoms with Crippen LogP contribution in [0.1, 0.15) is 22.7 Å². The van der Waals surface area contributed by atoms with Gasteiger partial charge < -0.3 is 15.0 Å². The van der Waals surface area contributed by atoms with E-state index >= 15 is 0 Å². The van der Waals surface area contributed by atoms with Crippen molar-refractivity contribution >= 4 is 12.0 Å². The summed E-state index contributed by atoms with van der Waals surface area (Å²) in [7, 11) is 0. The Bertz CT molecular complexity index is 783. The molecule has 1 saturated heterocycles. The fraction of sp³-hybridized carbons (Fsp3) is 0.318. The van der Waals surface area contributed by atoms with Gasteiger partial charge in [0.15, 0.2) is 0 Å². The first-order chi connectivity index (χ1) is 13.1. The SMILES string of the molecule is Cc1ccc([C@H](C[NH+]2CCOCC2)NC(=O)/C=C/c2cccc(F)c2)cc1. The fourth-order valence-corrected chi connectivity index (χ4v) is 3.21. The molecule has 1 atom stereocenters. The van der Waals surface area contributed by atoms with Gasteiger partial charge in [0.05, 0.1) is 13.2 Å². The minimum Gasteiger partial charge on any atom is -0.370 e. The van der Waals surface area contributed by atoms with Gasteiger partial charge in [-0.25, -0.2) is 4.39 Å². The monoisotopic (exact) mass is 369 g/mol. The van der Waals surface area contributed by atoms with E-state index in [0.29, 0.717) is 5.56 Å². The maximum absolute atomic E-state index is 13.3. The molecule has 1 aliphatic heterocycles. The lowest BCUT2D eigenvalue weighted by atomic mass is 10.0. The zero-order chi connectivity index (χ0) is 19.1. The van der Waals surface area contributed by atoms with Crippen LogP contribution in [0, 0.1) is 12.7 Å². The van der Waals surface area contributed by atoms with Gasteiger partial charge in [0.1, 0.15) is 31.5 Å². The average Bonchev–Trinajstić information content (AvgIpc) is 2.67. The number of hydrogen-bond donors (Lipinski definition) is 2. The van der Waals surface area contributed by atoms with Crippen LogP contribution in [0.4, 0.5) is 4.39 Å². The summed E-state index contributed by atoms with van der Waals surface area (Å²) in [4.78, 5) is 13.9. The number of nitrogens with one attached hydrogen (secondary N) is 2. The summed E-state index contributed by atoms with van der Waals surface area (Å²) in [6.07, 6.45) is 3.09. The largest absolute Gasteiger partial charge is 0.370 e. The van der Waals surface area contributed by atoms with E-state index in [-0.39, 0.29) is 17.8 Å². The highest BCUT2D eigenvalue weighted by Crippen LogP contribution is 2.13. The maximum Gasteiger partial charge on any atom is 0.244 e. The van der Waals surface area contributed by atoms with Gasteiger partial charge in [-0.3, -0.25) is 4.79 Å². The molecule has 27 heavy (non-hydrogen) atoms. The molecule has 1 aliphatic rings. The van der Waals surface area contributed by atoms with Crippen LogP contribution in [0.15, 0.2) is 54.6 Å². The first-order valence-electron chi connectivity index (χ1n) is 9.32. The molecule has 0 spiro atoms. The van der Waals surface area contributed by atoms with Crippen LogP contribution in [-0.4, -0.2) is 38.8 Å². The van der Waals surface area contributed by atoms with Crippen molar-refractivity contribution in [3.8, 4) is 0 Å². The minimum absolute atomic E-state index is 0.0802. The molecule has 1 heterocycles. The van der Waals surface area contributed by atoms with E-state index < -0.39 is 0 Å². The number of ether oxygens (including phenoxy) is 1. The third-order valence-electron chi connectivity index (χ3n) is 4.76. The van der Waals surface area contributed by atoms with Crippen molar-refractivity contribution in [1.82, 2.24) is 5.32 Å². The van der Waals surface area contributed by atoms with E-state index in [1.807, 2.05) is 6.92 Å². The Hall–Kier alpha value is -2.50. The highest BCUT2D eigenvalue weighted by molar-refractivity contribution is 5.92. The Morgan fingerprint density at radius 1 is 1.22 bits per heavy atom. The van der Waals surface area contributed by atoms with Crippen LogP contribution in [0.25, 0.3) is 6.08 Å². The van der Waals surface area contributed by atoms with Crippen molar-refractivity contribution in [3.05, 3.63) is 77.1 Å². The Morgan fingerprint density at radius 3 is 2.67 bits per heavy atom. The molecule has 3 rings (SSSR count). The number of rotatable bonds is 6.